The third-order valence-electron chi connectivity index (χ3n) is 2.49. The van der Waals surface area contributed by atoms with E-state index in [2.05, 4.69) is 10.6 Å². The summed E-state index contributed by atoms with van der Waals surface area (Å²) in [6, 6.07) is 5.10. The number of nitrogens with two attached hydrogens (primary N) is 1. The zero-order valence-electron chi connectivity index (χ0n) is 12.0. The van der Waals surface area contributed by atoms with Crippen molar-refractivity contribution < 1.29 is 9.59 Å². The molecule has 0 radical (unpaired) electrons. The molecule has 0 heterocycles. The van der Waals surface area contributed by atoms with E-state index in [9.17, 15) is 9.59 Å². The van der Waals surface area contributed by atoms with Crippen LogP contribution < -0.4 is 16.4 Å². The minimum Gasteiger partial charge on any atom is -0.399 e. The second kappa shape index (κ2) is 7.79. The standard InChI is InChI=1S/C14H21N3O2S/c1-9(2)7-16-14(19)17-13(18)8-20-12-6-11(15)5-4-10(12)3/h4-6,9H,7-8,15H2,1-3H3,(H2,16,17,18,19). The van der Waals surface area contributed by atoms with Crippen molar-refractivity contribution in [3.05, 3.63) is 23.8 Å². The maximum absolute atomic E-state index is 11.6. The molecule has 6 heteroatoms. The van der Waals surface area contributed by atoms with Crippen LogP contribution in [-0.4, -0.2) is 24.2 Å². The fourth-order valence-electron chi connectivity index (χ4n) is 1.42. The van der Waals surface area contributed by atoms with Crippen LogP contribution in [0.25, 0.3) is 0 Å². The van der Waals surface area contributed by atoms with Crippen molar-refractivity contribution in [2.45, 2.75) is 25.7 Å². The Labute approximate surface area is 123 Å². The smallest absolute Gasteiger partial charge is 0.321 e. The minimum atomic E-state index is -0.450. The van der Waals surface area contributed by atoms with Gasteiger partial charge in [0.05, 0.1) is 5.75 Å². The van der Waals surface area contributed by atoms with Crippen molar-refractivity contribution in [3.8, 4) is 0 Å². The van der Waals surface area contributed by atoms with Gasteiger partial charge in [-0.25, -0.2) is 4.79 Å². The molecule has 0 aliphatic heterocycles. The van der Waals surface area contributed by atoms with Crippen LogP contribution in [0.5, 0.6) is 0 Å². The molecule has 3 amide bonds. The first kappa shape index (κ1) is 16.4. The van der Waals surface area contributed by atoms with E-state index < -0.39 is 6.03 Å². The molecule has 0 atom stereocenters. The Morgan fingerprint density at radius 3 is 2.70 bits per heavy atom. The molecule has 0 saturated carbocycles. The summed E-state index contributed by atoms with van der Waals surface area (Å²) in [5.41, 5.74) is 7.42. The van der Waals surface area contributed by atoms with Gasteiger partial charge < -0.3 is 11.1 Å². The average molecular weight is 295 g/mol. The number of imide groups is 1. The molecule has 0 fully saturated rings. The number of aryl methyl sites for hydroxylation is 1. The zero-order chi connectivity index (χ0) is 15.1. The van der Waals surface area contributed by atoms with E-state index in [0.29, 0.717) is 18.2 Å². The van der Waals surface area contributed by atoms with Crippen molar-refractivity contribution in [2.75, 3.05) is 18.0 Å². The lowest BCUT2D eigenvalue weighted by atomic mass is 10.2. The van der Waals surface area contributed by atoms with Gasteiger partial charge in [-0.2, -0.15) is 0 Å². The largest absolute Gasteiger partial charge is 0.399 e. The summed E-state index contributed by atoms with van der Waals surface area (Å²) in [4.78, 5) is 24.0. The first-order valence-electron chi connectivity index (χ1n) is 6.45. The predicted molar refractivity (Wildman–Crippen MR) is 82.7 cm³/mol. The van der Waals surface area contributed by atoms with E-state index in [1.165, 1.54) is 11.8 Å². The fourth-order valence-corrected chi connectivity index (χ4v) is 2.29. The van der Waals surface area contributed by atoms with Gasteiger partial charge in [-0.1, -0.05) is 19.9 Å². The number of anilines is 1. The quantitative estimate of drug-likeness (QED) is 0.574. The van der Waals surface area contributed by atoms with Crippen molar-refractivity contribution in [1.82, 2.24) is 10.6 Å². The second-order valence-corrected chi connectivity index (χ2v) is 5.98. The molecule has 1 rings (SSSR count). The molecule has 0 saturated heterocycles. The van der Waals surface area contributed by atoms with Crippen LogP contribution >= 0.6 is 11.8 Å². The van der Waals surface area contributed by atoms with Crippen molar-refractivity contribution in [3.63, 3.8) is 0 Å². The lowest BCUT2D eigenvalue weighted by Crippen LogP contribution is -2.41. The Kier molecular flexibility index (Phi) is 6.38. The number of amides is 3. The third kappa shape index (κ3) is 5.97. The molecule has 1 aromatic carbocycles. The highest BCUT2D eigenvalue weighted by Gasteiger charge is 2.09. The lowest BCUT2D eigenvalue weighted by Gasteiger charge is -2.09. The van der Waals surface area contributed by atoms with Gasteiger partial charge in [-0.15, -0.1) is 11.8 Å². The number of hydrogen-bond acceptors (Lipinski definition) is 4. The topological polar surface area (TPSA) is 84.2 Å². The molecule has 4 N–H and O–H groups in total. The van der Waals surface area contributed by atoms with Gasteiger partial charge >= 0.3 is 6.03 Å². The SMILES string of the molecule is Cc1ccc(N)cc1SCC(=O)NC(=O)NCC(C)C. The zero-order valence-corrected chi connectivity index (χ0v) is 12.8. The maximum atomic E-state index is 11.6. The molecule has 0 spiro atoms. The molecular formula is C14H21N3O2S. The Morgan fingerprint density at radius 1 is 1.35 bits per heavy atom. The Bertz CT molecular complexity index is 489. The summed E-state index contributed by atoms with van der Waals surface area (Å²) in [5, 5.41) is 4.93. The van der Waals surface area contributed by atoms with Crippen LogP contribution in [0, 0.1) is 12.8 Å². The van der Waals surface area contributed by atoms with E-state index in [1.54, 1.807) is 0 Å². The van der Waals surface area contributed by atoms with Gasteiger partial charge in [-0.3, -0.25) is 10.1 Å². The van der Waals surface area contributed by atoms with Gasteiger partial charge in [0.15, 0.2) is 0 Å². The number of thioether (sulfide) groups is 1. The molecule has 5 nitrogen and oxygen atoms in total. The van der Waals surface area contributed by atoms with Crippen molar-refractivity contribution in [2.24, 2.45) is 5.92 Å². The average Bonchev–Trinajstić information content (AvgIpc) is 2.37. The number of urea groups is 1. The molecule has 110 valence electrons. The number of hydrogen-bond donors (Lipinski definition) is 3. The van der Waals surface area contributed by atoms with E-state index in [0.717, 1.165) is 10.5 Å². The molecule has 20 heavy (non-hydrogen) atoms. The number of nitrogen functional groups attached to an aromatic ring is 1. The minimum absolute atomic E-state index is 0.180. The van der Waals surface area contributed by atoms with E-state index in [-0.39, 0.29) is 11.7 Å². The van der Waals surface area contributed by atoms with E-state index >= 15 is 0 Å². The second-order valence-electron chi connectivity index (χ2n) is 4.97. The van der Waals surface area contributed by atoms with Crippen LogP contribution in [0.1, 0.15) is 19.4 Å². The number of benzene rings is 1. The molecule has 0 aliphatic rings. The molecule has 0 aliphatic carbocycles. The third-order valence-corrected chi connectivity index (χ3v) is 3.65. The summed E-state index contributed by atoms with van der Waals surface area (Å²) in [6.07, 6.45) is 0. The molecule has 0 bridgehead atoms. The summed E-state index contributed by atoms with van der Waals surface area (Å²) < 4.78 is 0. The fraction of sp³-hybridized carbons (Fsp3) is 0.429. The number of rotatable bonds is 5. The molecule has 0 unspecified atom stereocenters. The van der Waals surface area contributed by atoms with Gasteiger partial charge in [0, 0.05) is 17.1 Å². The highest BCUT2D eigenvalue weighted by atomic mass is 32.2. The number of carbonyl (C=O) groups is 2. The maximum Gasteiger partial charge on any atom is 0.321 e. The summed E-state index contributed by atoms with van der Waals surface area (Å²) in [7, 11) is 0. The predicted octanol–water partition coefficient (Wildman–Crippen LogP) is 2.15. The number of nitrogens with one attached hydrogen (secondary N) is 2. The van der Waals surface area contributed by atoms with Crippen LogP contribution in [0.4, 0.5) is 10.5 Å². The van der Waals surface area contributed by atoms with Gasteiger partial charge in [0.2, 0.25) is 5.91 Å². The van der Waals surface area contributed by atoms with Crippen LogP contribution in [0.15, 0.2) is 23.1 Å². The normalized spacial score (nSPS) is 10.4. The number of carbonyl (C=O) groups excluding carboxylic acids is 2. The first-order valence-corrected chi connectivity index (χ1v) is 7.43. The summed E-state index contributed by atoms with van der Waals surface area (Å²) in [5.74, 6) is 0.206. The van der Waals surface area contributed by atoms with Crippen LogP contribution in [-0.2, 0) is 4.79 Å². The first-order chi connectivity index (χ1) is 9.38. The van der Waals surface area contributed by atoms with Gasteiger partial charge in [0.25, 0.3) is 0 Å². The Hall–Kier alpha value is -1.69. The van der Waals surface area contributed by atoms with Gasteiger partial charge in [0.1, 0.15) is 0 Å². The highest BCUT2D eigenvalue weighted by molar-refractivity contribution is 8.00. The Balaban J connectivity index is 2.39. The van der Waals surface area contributed by atoms with E-state index in [4.69, 9.17) is 5.73 Å². The van der Waals surface area contributed by atoms with Crippen LogP contribution in [0.2, 0.25) is 0 Å². The Morgan fingerprint density at radius 2 is 2.05 bits per heavy atom. The molecule has 0 aromatic heterocycles. The molecular weight excluding hydrogens is 274 g/mol. The van der Waals surface area contributed by atoms with Crippen molar-refractivity contribution in [1.29, 1.82) is 0 Å². The van der Waals surface area contributed by atoms with Crippen LogP contribution in [0.3, 0.4) is 0 Å². The van der Waals surface area contributed by atoms with Crippen molar-refractivity contribution >= 4 is 29.4 Å². The van der Waals surface area contributed by atoms with E-state index in [1.807, 2.05) is 39.0 Å². The monoisotopic (exact) mass is 295 g/mol. The summed E-state index contributed by atoms with van der Waals surface area (Å²) in [6.45, 7) is 6.47. The lowest BCUT2D eigenvalue weighted by molar-refractivity contribution is -0.117. The molecule has 1 aromatic rings. The van der Waals surface area contributed by atoms with Gasteiger partial charge in [-0.05, 0) is 30.5 Å². The summed E-state index contributed by atoms with van der Waals surface area (Å²) >= 11 is 1.36. The highest BCUT2D eigenvalue weighted by Crippen LogP contribution is 2.24.